The zero-order valence-electron chi connectivity index (χ0n) is 5.52. The molecule has 0 aromatic rings. The molecule has 0 unspecified atom stereocenters. The van der Waals surface area contributed by atoms with Gasteiger partial charge in [-0.2, -0.15) is 8.42 Å². The highest BCUT2D eigenvalue weighted by Gasteiger charge is 2.41. The smallest absolute Gasteiger partial charge is 0.463 e. The van der Waals surface area contributed by atoms with Crippen LogP contribution in [-0.4, -0.2) is 35.0 Å². The number of hydrogen-bond acceptors (Lipinski definition) is 4. The molecule has 2 N–H and O–H groups in total. The van der Waals surface area contributed by atoms with E-state index in [4.69, 9.17) is 9.66 Å². The molecule has 0 aliphatic carbocycles. The second-order valence-electron chi connectivity index (χ2n) is 1.52. The number of carbonyl (C=O) groups is 1. The fraction of sp³-hybridized carbons (Fsp3) is 0.500. The summed E-state index contributed by atoms with van der Waals surface area (Å²) in [4.78, 5) is 12.2. The van der Waals surface area contributed by atoms with Crippen molar-refractivity contribution in [3.63, 3.8) is 0 Å². The monoisotopic (exact) mass is 225 g/mol. The van der Waals surface area contributed by atoms with Crippen LogP contribution < -0.4 is 0 Å². The van der Waals surface area contributed by atoms with E-state index < -0.39 is 27.2 Å². The molecular formula is C2H2F3NO6S. The number of hydroxylamine groups is 1. The lowest BCUT2D eigenvalue weighted by Crippen LogP contribution is -2.39. The van der Waals surface area contributed by atoms with Gasteiger partial charge < -0.3 is 5.11 Å². The summed E-state index contributed by atoms with van der Waals surface area (Å²) in [7, 11) is -5.61. The van der Waals surface area contributed by atoms with E-state index >= 15 is 0 Å². The standard InChI is InChI=1S/C2H2F3NO6S/c3-2(4,5)12-6(1(7)8)13(9,10)11/h(H,7,8)(H,9,10,11). The fourth-order valence-electron chi connectivity index (χ4n) is 0.279. The molecule has 7 nitrogen and oxygen atoms in total. The highest BCUT2D eigenvalue weighted by molar-refractivity contribution is 7.83. The van der Waals surface area contributed by atoms with E-state index in [0.717, 1.165) is 0 Å². The molecule has 0 aliphatic rings. The molecule has 0 saturated heterocycles. The number of hydrogen-bond donors (Lipinski definition) is 2. The van der Waals surface area contributed by atoms with Gasteiger partial charge in [-0.05, 0) is 4.47 Å². The maximum Gasteiger partial charge on any atom is 0.545 e. The molecule has 0 fully saturated rings. The molecule has 0 rings (SSSR count). The van der Waals surface area contributed by atoms with Crippen molar-refractivity contribution in [2.24, 2.45) is 0 Å². The van der Waals surface area contributed by atoms with Gasteiger partial charge in [0.2, 0.25) is 0 Å². The Labute approximate surface area is 69.1 Å². The first-order valence-corrected chi connectivity index (χ1v) is 3.70. The third-order valence-electron chi connectivity index (χ3n) is 0.552. The van der Waals surface area contributed by atoms with Crippen molar-refractivity contribution in [1.82, 2.24) is 4.47 Å². The Morgan fingerprint density at radius 3 is 1.85 bits per heavy atom. The predicted molar refractivity (Wildman–Crippen MR) is 28.6 cm³/mol. The Morgan fingerprint density at radius 1 is 1.38 bits per heavy atom. The normalized spacial score (nSPS) is 12.6. The zero-order chi connectivity index (χ0) is 10.9. The molecule has 0 saturated carbocycles. The average Bonchev–Trinajstić information content (AvgIpc) is 1.77. The Hall–Kier alpha value is -1.07. The second-order valence-corrected chi connectivity index (χ2v) is 2.75. The summed E-state index contributed by atoms with van der Waals surface area (Å²) >= 11 is 0. The van der Waals surface area contributed by atoms with Crippen LogP contribution in [0.25, 0.3) is 0 Å². The molecule has 0 aromatic heterocycles. The Morgan fingerprint density at radius 2 is 1.77 bits per heavy atom. The summed E-state index contributed by atoms with van der Waals surface area (Å²) in [6.45, 7) is 0. The van der Waals surface area contributed by atoms with Crippen molar-refractivity contribution >= 4 is 16.4 Å². The highest BCUT2D eigenvalue weighted by atomic mass is 32.2. The lowest BCUT2D eigenvalue weighted by Gasteiger charge is -2.15. The first kappa shape index (κ1) is 11.9. The van der Waals surface area contributed by atoms with Crippen LogP contribution in [0.4, 0.5) is 18.0 Å². The van der Waals surface area contributed by atoms with E-state index in [1.807, 2.05) is 0 Å². The van der Waals surface area contributed by atoms with E-state index in [9.17, 15) is 26.4 Å². The number of rotatable bonds is 2. The third kappa shape index (κ3) is 4.49. The van der Waals surface area contributed by atoms with Gasteiger partial charge in [-0.3, -0.25) is 4.55 Å². The number of nitrogens with zero attached hydrogens (tertiary/aromatic N) is 1. The molecule has 13 heavy (non-hydrogen) atoms. The first-order chi connectivity index (χ1) is 5.54. The molecular weight excluding hydrogens is 223 g/mol. The number of amides is 1. The first-order valence-electron chi connectivity index (χ1n) is 2.30. The van der Waals surface area contributed by atoms with Crippen LogP contribution in [0, 0.1) is 0 Å². The Balaban J connectivity index is 4.78. The summed E-state index contributed by atoms with van der Waals surface area (Å²) in [6.07, 6.45) is -8.16. The van der Waals surface area contributed by atoms with E-state index in [-0.39, 0.29) is 0 Å². The molecule has 0 spiro atoms. The van der Waals surface area contributed by atoms with Crippen molar-refractivity contribution < 1.29 is 40.9 Å². The average molecular weight is 225 g/mol. The lowest BCUT2D eigenvalue weighted by atomic mass is 11.2. The van der Waals surface area contributed by atoms with Crippen molar-refractivity contribution in [1.29, 1.82) is 0 Å². The fourth-order valence-corrected chi connectivity index (χ4v) is 0.655. The van der Waals surface area contributed by atoms with Crippen molar-refractivity contribution in [3.05, 3.63) is 0 Å². The molecule has 0 aromatic carbocycles. The van der Waals surface area contributed by atoms with Gasteiger partial charge in [0.05, 0.1) is 0 Å². The molecule has 0 aliphatic heterocycles. The summed E-state index contributed by atoms with van der Waals surface area (Å²) < 4.78 is 60.0. The van der Waals surface area contributed by atoms with Gasteiger partial charge in [0.1, 0.15) is 0 Å². The Kier molecular flexibility index (Phi) is 3.08. The maximum atomic E-state index is 11.3. The zero-order valence-corrected chi connectivity index (χ0v) is 6.33. The van der Waals surface area contributed by atoms with Gasteiger partial charge in [0.25, 0.3) is 0 Å². The van der Waals surface area contributed by atoms with E-state index in [1.165, 1.54) is 0 Å². The SMILES string of the molecule is O=C(O)N(OC(F)(F)F)S(=O)(=O)O. The topological polar surface area (TPSA) is 104 Å². The molecule has 0 atom stereocenters. The minimum absolute atomic E-state index is 1.62. The van der Waals surface area contributed by atoms with Crippen LogP contribution in [0.1, 0.15) is 0 Å². The number of carboxylic acid groups (broad SMARTS) is 1. The summed E-state index contributed by atoms with van der Waals surface area (Å²) in [5.41, 5.74) is 0. The number of halogens is 3. The molecule has 11 heteroatoms. The van der Waals surface area contributed by atoms with Gasteiger partial charge in [-0.25, -0.2) is 4.79 Å². The van der Waals surface area contributed by atoms with Crippen LogP contribution in [0.15, 0.2) is 0 Å². The quantitative estimate of drug-likeness (QED) is 0.514. The maximum absolute atomic E-state index is 11.3. The van der Waals surface area contributed by atoms with Crippen LogP contribution in [0.2, 0.25) is 0 Å². The summed E-state index contributed by atoms with van der Waals surface area (Å²) in [6, 6.07) is 0. The van der Waals surface area contributed by atoms with Gasteiger partial charge >= 0.3 is 22.8 Å². The summed E-state index contributed by atoms with van der Waals surface area (Å²) in [5.74, 6) is 0. The molecule has 0 bridgehead atoms. The van der Waals surface area contributed by atoms with Crippen LogP contribution in [0.3, 0.4) is 0 Å². The minimum atomic E-state index is -5.61. The van der Waals surface area contributed by atoms with Crippen LogP contribution in [-0.2, 0) is 15.1 Å². The predicted octanol–water partition coefficient (Wildman–Crippen LogP) is 0.221. The van der Waals surface area contributed by atoms with E-state index in [0.29, 0.717) is 0 Å². The number of alkyl halides is 3. The highest BCUT2D eigenvalue weighted by Crippen LogP contribution is 2.19. The van der Waals surface area contributed by atoms with Crippen LogP contribution in [0.5, 0.6) is 0 Å². The van der Waals surface area contributed by atoms with Gasteiger partial charge in [0, 0.05) is 0 Å². The van der Waals surface area contributed by atoms with Crippen molar-refractivity contribution in [2.45, 2.75) is 6.36 Å². The molecule has 78 valence electrons. The van der Waals surface area contributed by atoms with E-state index in [2.05, 4.69) is 4.84 Å². The lowest BCUT2D eigenvalue weighted by molar-refractivity contribution is -0.380. The molecule has 1 amide bonds. The molecule has 0 heterocycles. The van der Waals surface area contributed by atoms with Gasteiger partial charge in [-0.1, -0.05) is 0 Å². The largest absolute Gasteiger partial charge is 0.545 e. The second kappa shape index (κ2) is 3.35. The minimum Gasteiger partial charge on any atom is -0.463 e. The van der Waals surface area contributed by atoms with Crippen LogP contribution >= 0.6 is 0 Å². The Bertz CT molecular complexity index is 293. The van der Waals surface area contributed by atoms with Crippen molar-refractivity contribution in [2.75, 3.05) is 0 Å². The van der Waals surface area contributed by atoms with Crippen molar-refractivity contribution in [3.8, 4) is 0 Å². The van der Waals surface area contributed by atoms with Gasteiger partial charge in [-0.15, -0.1) is 18.0 Å². The van der Waals surface area contributed by atoms with Gasteiger partial charge in [0.15, 0.2) is 0 Å². The third-order valence-corrected chi connectivity index (χ3v) is 1.20. The molecule has 0 radical (unpaired) electrons. The van der Waals surface area contributed by atoms with E-state index in [1.54, 1.807) is 0 Å². The summed E-state index contributed by atoms with van der Waals surface area (Å²) in [5, 5.41) is 7.83.